The smallest absolute Gasteiger partial charge is 0.298 e. The Bertz CT molecular complexity index is 687. The number of aldehydes is 1. The number of hydrogen-bond acceptors (Lipinski definition) is 1. The number of benzene rings is 2. The Balaban J connectivity index is 2.32. The fourth-order valence-electron chi connectivity index (χ4n) is 1.80. The Morgan fingerprint density at radius 1 is 0.857 bits per heavy atom. The van der Waals surface area contributed by atoms with Gasteiger partial charge in [-0.05, 0) is 35.4 Å². The third-order valence-electron chi connectivity index (χ3n) is 2.76. The second-order valence-electron chi connectivity index (χ2n) is 4.39. The lowest BCUT2D eigenvalue weighted by Gasteiger charge is -2.07. The van der Waals surface area contributed by atoms with Gasteiger partial charge in [-0.25, -0.2) is 4.39 Å². The molecule has 5 heteroatoms. The van der Waals surface area contributed by atoms with E-state index in [-0.39, 0.29) is 5.56 Å². The molecule has 0 aliphatic rings. The Morgan fingerprint density at radius 3 is 2.19 bits per heavy atom. The second kappa shape index (κ2) is 5.91. The molecular weight excluding hydrogens is 284 g/mol. The molecule has 0 N–H and O–H groups in total. The van der Waals surface area contributed by atoms with Crippen LogP contribution in [0.3, 0.4) is 0 Å². The standard InChI is InChI=1S/C16H10F4O/c17-15-8-12(7-14(9-15)16(18,19)20)5-4-11-2-1-3-13(6-11)10-21/h1-10H/b5-4+. The van der Waals surface area contributed by atoms with Crippen LogP contribution in [0.1, 0.15) is 27.0 Å². The van der Waals surface area contributed by atoms with Crippen molar-refractivity contribution in [1.82, 2.24) is 0 Å². The highest BCUT2D eigenvalue weighted by Crippen LogP contribution is 2.30. The number of hydrogen-bond donors (Lipinski definition) is 0. The van der Waals surface area contributed by atoms with E-state index < -0.39 is 17.6 Å². The topological polar surface area (TPSA) is 17.1 Å². The van der Waals surface area contributed by atoms with Gasteiger partial charge in [0.2, 0.25) is 0 Å². The summed E-state index contributed by atoms with van der Waals surface area (Å²) in [6.45, 7) is 0. The predicted molar refractivity (Wildman–Crippen MR) is 72.2 cm³/mol. The predicted octanol–water partition coefficient (Wildman–Crippen LogP) is 4.83. The van der Waals surface area contributed by atoms with Crippen LogP contribution in [0, 0.1) is 5.82 Å². The molecule has 0 saturated heterocycles. The van der Waals surface area contributed by atoms with Gasteiger partial charge in [0.25, 0.3) is 0 Å². The summed E-state index contributed by atoms with van der Waals surface area (Å²) in [4.78, 5) is 10.6. The fraction of sp³-hybridized carbons (Fsp3) is 0.0625. The first-order chi connectivity index (χ1) is 9.88. The first-order valence-electron chi connectivity index (χ1n) is 5.99. The van der Waals surface area contributed by atoms with Gasteiger partial charge in [0, 0.05) is 5.56 Å². The third-order valence-corrected chi connectivity index (χ3v) is 2.76. The van der Waals surface area contributed by atoms with Crippen molar-refractivity contribution >= 4 is 18.4 Å². The van der Waals surface area contributed by atoms with Gasteiger partial charge in [-0.2, -0.15) is 13.2 Å². The van der Waals surface area contributed by atoms with Crippen LogP contribution in [-0.2, 0) is 6.18 Å². The monoisotopic (exact) mass is 294 g/mol. The molecule has 21 heavy (non-hydrogen) atoms. The van der Waals surface area contributed by atoms with E-state index in [0.717, 1.165) is 12.1 Å². The van der Waals surface area contributed by atoms with Crippen molar-refractivity contribution < 1.29 is 22.4 Å². The lowest BCUT2D eigenvalue weighted by molar-refractivity contribution is -0.137. The van der Waals surface area contributed by atoms with Gasteiger partial charge in [0.1, 0.15) is 12.1 Å². The molecule has 2 aromatic rings. The van der Waals surface area contributed by atoms with Crippen LogP contribution in [0.5, 0.6) is 0 Å². The highest BCUT2D eigenvalue weighted by molar-refractivity contribution is 5.78. The van der Waals surface area contributed by atoms with Crippen LogP contribution in [-0.4, -0.2) is 6.29 Å². The van der Waals surface area contributed by atoms with E-state index in [1.54, 1.807) is 24.3 Å². The Labute approximate surface area is 118 Å². The zero-order valence-electron chi connectivity index (χ0n) is 10.7. The molecule has 0 saturated carbocycles. The minimum atomic E-state index is -4.60. The Hall–Kier alpha value is -2.43. The molecule has 0 fully saturated rings. The number of carbonyl (C=O) groups excluding carboxylic acids is 1. The molecule has 0 aliphatic carbocycles. The lowest BCUT2D eigenvalue weighted by Crippen LogP contribution is -2.05. The van der Waals surface area contributed by atoms with Crippen molar-refractivity contribution in [2.75, 3.05) is 0 Å². The van der Waals surface area contributed by atoms with Crippen molar-refractivity contribution in [3.63, 3.8) is 0 Å². The van der Waals surface area contributed by atoms with Crippen LogP contribution >= 0.6 is 0 Å². The third kappa shape index (κ3) is 4.02. The van der Waals surface area contributed by atoms with Crippen LogP contribution < -0.4 is 0 Å². The number of carbonyl (C=O) groups is 1. The quantitative estimate of drug-likeness (QED) is 0.450. The zero-order valence-corrected chi connectivity index (χ0v) is 10.7. The van der Waals surface area contributed by atoms with Crippen LogP contribution in [0.15, 0.2) is 42.5 Å². The maximum absolute atomic E-state index is 13.2. The molecule has 0 amide bonds. The molecule has 2 rings (SSSR count). The van der Waals surface area contributed by atoms with Crippen molar-refractivity contribution in [2.45, 2.75) is 6.18 Å². The molecule has 0 bridgehead atoms. The lowest BCUT2D eigenvalue weighted by atomic mass is 10.1. The normalized spacial score (nSPS) is 11.8. The van der Waals surface area contributed by atoms with Crippen molar-refractivity contribution in [1.29, 1.82) is 0 Å². The molecule has 0 atom stereocenters. The summed E-state index contributed by atoms with van der Waals surface area (Å²) in [5.41, 5.74) is 0.146. The van der Waals surface area contributed by atoms with E-state index in [0.29, 0.717) is 23.5 Å². The SMILES string of the molecule is O=Cc1cccc(/C=C/c2cc(F)cc(C(F)(F)F)c2)c1. The van der Waals surface area contributed by atoms with E-state index in [1.165, 1.54) is 12.2 Å². The average Bonchev–Trinajstić information content (AvgIpc) is 2.44. The summed E-state index contributed by atoms with van der Waals surface area (Å²) >= 11 is 0. The molecule has 2 aromatic carbocycles. The molecule has 0 unspecified atom stereocenters. The summed E-state index contributed by atoms with van der Waals surface area (Å²) < 4.78 is 51.0. The minimum Gasteiger partial charge on any atom is -0.298 e. The summed E-state index contributed by atoms with van der Waals surface area (Å²) in [6, 6.07) is 8.84. The summed E-state index contributed by atoms with van der Waals surface area (Å²) in [5, 5.41) is 0. The number of rotatable bonds is 3. The number of halogens is 4. The maximum atomic E-state index is 13.2. The zero-order chi connectivity index (χ0) is 15.5. The van der Waals surface area contributed by atoms with Gasteiger partial charge in [-0.3, -0.25) is 4.79 Å². The van der Waals surface area contributed by atoms with Gasteiger partial charge in [-0.1, -0.05) is 30.4 Å². The summed E-state index contributed by atoms with van der Waals surface area (Å²) in [7, 11) is 0. The van der Waals surface area contributed by atoms with E-state index in [9.17, 15) is 22.4 Å². The molecular formula is C16H10F4O. The van der Waals surface area contributed by atoms with E-state index in [1.807, 2.05) is 0 Å². The second-order valence-corrected chi connectivity index (χ2v) is 4.39. The molecule has 0 aliphatic heterocycles. The molecule has 108 valence electrons. The fourth-order valence-corrected chi connectivity index (χ4v) is 1.80. The molecule has 0 aromatic heterocycles. The Kier molecular flexibility index (Phi) is 4.21. The van der Waals surface area contributed by atoms with Crippen LogP contribution in [0.25, 0.3) is 12.2 Å². The van der Waals surface area contributed by atoms with Gasteiger partial charge in [-0.15, -0.1) is 0 Å². The van der Waals surface area contributed by atoms with E-state index >= 15 is 0 Å². The van der Waals surface area contributed by atoms with Crippen LogP contribution in [0.4, 0.5) is 17.6 Å². The molecule has 0 heterocycles. The molecule has 0 radical (unpaired) electrons. The maximum Gasteiger partial charge on any atom is 0.416 e. The Morgan fingerprint density at radius 2 is 1.52 bits per heavy atom. The van der Waals surface area contributed by atoms with Gasteiger partial charge in [0.15, 0.2) is 0 Å². The molecule has 0 spiro atoms. The largest absolute Gasteiger partial charge is 0.416 e. The van der Waals surface area contributed by atoms with Crippen molar-refractivity contribution in [2.24, 2.45) is 0 Å². The summed E-state index contributed by atoms with van der Waals surface area (Å²) in [6.07, 6.45) is -1.05. The number of alkyl halides is 3. The molecule has 1 nitrogen and oxygen atoms in total. The van der Waals surface area contributed by atoms with E-state index in [4.69, 9.17) is 0 Å². The van der Waals surface area contributed by atoms with Gasteiger partial charge < -0.3 is 0 Å². The van der Waals surface area contributed by atoms with Crippen LogP contribution in [0.2, 0.25) is 0 Å². The first-order valence-corrected chi connectivity index (χ1v) is 5.99. The van der Waals surface area contributed by atoms with Gasteiger partial charge in [0.05, 0.1) is 5.56 Å². The van der Waals surface area contributed by atoms with E-state index in [2.05, 4.69) is 0 Å². The van der Waals surface area contributed by atoms with Gasteiger partial charge >= 0.3 is 6.18 Å². The average molecular weight is 294 g/mol. The summed E-state index contributed by atoms with van der Waals surface area (Å²) in [5.74, 6) is -0.953. The minimum absolute atomic E-state index is 0.0961. The first kappa shape index (κ1) is 15.0. The van der Waals surface area contributed by atoms with Crippen molar-refractivity contribution in [3.05, 3.63) is 70.5 Å². The highest BCUT2D eigenvalue weighted by atomic mass is 19.4. The highest BCUT2D eigenvalue weighted by Gasteiger charge is 2.31. The van der Waals surface area contributed by atoms with Crippen molar-refractivity contribution in [3.8, 4) is 0 Å².